The lowest BCUT2D eigenvalue weighted by Crippen LogP contribution is -2.26. The molecule has 0 fully saturated rings. The average Bonchev–Trinajstić information content (AvgIpc) is 3.42. The lowest BCUT2D eigenvalue weighted by Gasteiger charge is -2.19. The maximum atomic E-state index is 13.5. The molecule has 5 rings (SSSR count). The van der Waals surface area contributed by atoms with Crippen LogP contribution in [0.2, 0.25) is 0 Å². The Balaban J connectivity index is 1.32. The number of nitrogens with one attached hydrogen (secondary N) is 4. The van der Waals surface area contributed by atoms with Crippen molar-refractivity contribution in [3.05, 3.63) is 75.7 Å². The zero-order chi connectivity index (χ0) is 34.2. The van der Waals surface area contributed by atoms with Crippen molar-refractivity contribution in [2.45, 2.75) is 45.3 Å². The zero-order valence-corrected chi connectivity index (χ0v) is 27.7. The molecule has 2 amide bonds. The summed E-state index contributed by atoms with van der Waals surface area (Å²) in [7, 11) is 6.25. The molecule has 1 unspecified atom stereocenters. The fourth-order valence-corrected chi connectivity index (χ4v) is 5.91. The second kappa shape index (κ2) is 15.4. The number of carbonyl (C=O) groups is 2. The quantitative estimate of drug-likeness (QED) is 0.149. The maximum absolute atomic E-state index is 13.5. The van der Waals surface area contributed by atoms with Gasteiger partial charge in [-0.15, -0.1) is 0 Å². The Morgan fingerprint density at radius 3 is 2.54 bits per heavy atom. The summed E-state index contributed by atoms with van der Waals surface area (Å²) >= 11 is 0. The highest BCUT2D eigenvalue weighted by molar-refractivity contribution is 5.91. The van der Waals surface area contributed by atoms with Crippen LogP contribution in [0.4, 0.5) is 11.4 Å². The zero-order valence-electron chi connectivity index (χ0n) is 27.7. The minimum absolute atomic E-state index is 0.164. The van der Waals surface area contributed by atoms with Crippen molar-refractivity contribution in [1.29, 1.82) is 0 Å². The molecular weight excluding hydrogens is 616 g/mol. The molecule has 0 radical (unpaired) electrons. The third-order valence-electron chi connectivity index (χ3n) is 8.03. The second-order valence-electron chi connectivity index (χ2n) is 11.3. The van der Waals surface area contributed by atoms with E-state index < -0.39 is 6.04 Å². The van der Waals surface area contributed by atoms with E-state index in [-0.39, 0.29) is 23.7 Å². The molecule has 0 bridgehead atoms. The van der Waals surface area contributed by atoms with Crippen molar-refractivity contribution < 1.29 is 28.5 Å². The van der Waals surface area contributed by atoms with Crippen molar-refractivity contribution in [3.8, 4) is 39.8 Å². The molecule has 1 aliphatic rings. The first kappa shape index (κ1) is 33.9. The number of hydrogen-bond acceptors (Lipinski definition) is 10. The van der Waals surface area contributed by atoms with Crippen molar-refractivity contribution in [3.63, 3.8) is 0 Å². The van der Waals surface area contributed by atoms with Gasteiger partial charge in [0.05, 0.1) is 33.1 Å². The minimum atomic E-state index is -0.405. The molecule has 0 spiro atoms. The largest absolute Gasteiger partial charge is 0.493 e. The number of H-pyrrole nitrogens is 1. The van der Waals surface area contributed by atoms with Gasteiger partial charge in [0.15, 0.2) is 23.1 Å². The van der Waals surface area contributed by atoms with E-state index in [4.69, 9.17) is 18.9 Å². The predicted molar refractivity (Wildman–Crippen MR) is 182 cm³/mol. The molecule has 1 aliphatic carbocycles. The Hall–Kier alpha value is -5.43. The molecule has 1 atom stereocenters. The average molecular weight is 657 g/mol. The van der Waals surface area contributed by atoms with E-state index in [0.717, 1.165) is 22.3 Å². The number of amides is 2. The Morgan fingerprint density at radius 1 is 1.00 bits per heavy atom. The standard InChI is InChI=1S/C35H40N6O7/c1-20(42)37-26-13-11-21-17-29(46-3)33(47-4)34(48-5)32(21)24-12-14-27(28(43)18-25(24)26)36-15-7-10-31(44)38-23-9-6-8-22(16-23)35-39-30(19-45-2)40-41-35/h6,8-9,12,14,16-18,26H,7,10-11,13,15,19H2,1-5H3,(H,36,43)(H,37,42)(H,38,44)(H,39,40,41). The van der Waals surface area contributed by atoms with Crippen molar-refractivity contribution in [2.24, 2.45) is 0 Å². The number of aryl methyl sites for hydroxylation is 1. The predicted octanol–water partition coefficient (Wildman–Crippen LogP) is 4.63. The topological polar surface area (TPSA) is 166 Å². The number of carbonyl (C=O) groups excluding carboxylic acids is 2. The number of nitrogens with zero attached hydrogens (tertiary/aromatic N) is 2. The van der Waals surface area contributed by atoms with E-state index in [1.165, 1.54) is 6.92 Å². The fourth-order valence-electron chi connectivity index (χ4n) is 5.91. The Labute approximate surface area is 278 Å². The van der Waals surface area contributed by atoms with Crippen molar-refractivity contribution in [2.75, 3.05) is 45.6 Å². The summed E-state index contributed by atoms with van der Waals surface area (Å²) in [4.78, 5) is 42.9. The number of rotatable bonds is 13. The monoisotopic (exact) mass is 656 g/mol. The Kier molecular flexibility index (Phi) is 10.9. The van der Waals surface area contributed by atoms with Crippen molar-refractivity contribution in [1.82, 2.24) is 20.5 Å². The van der Waals surface area contributed by atoms with Crippen LogP contribution in [-0.2, 0) is 27.4 Å². The van der Waals surface area contributed by atoms with Gasteiger partial charge >= 0.3 is 0 Å². The molecular formula is C35H40N6O7. The normalized spacial score (nSPS) is 13.4. The summed E-state index contributed by atoms with van der Waals surface area (Å²) in [5.41, 5.74) is 4.65. The van der Waals surface area contributed by atoms with Crippen molar-refractivity contribution >= 4 is 23.2 Å². The Bertz CT molecular complexity index is 1860. The minimum Gasteiger partial charge on any atom is -0.493 e. The SMILES string of the molecule is COCc1nc(-c2cccc(NC(=O)CCCNc3ccc4c(cc3=O)C(NC(C)=O)CCc3cc(OC)c(OC)c(OC)c3-4)c2)n[nH]1. The lowest BCUT2D eigenvalue weighted by atomic mass is 9.95. The first-order valence-corrected chi connectivity index (χ1v) is 15.6. The maximum Gasteiger partial charge on any atom is 0.224 e. The third kappa shape index (κ3) is 7.58. The van der Waals surface area contributed by atoms with Gasteiger partial charge in [0.1, 0.15) is 6.61 Å². The summed E-state index contributed by atoms with van der Waals surface area (Å²) in [6.07, 6.45) is 1.88. The number of anilines is 2. The third-order valence-corrected chi connectivity index (χ3v) is 8.03. The number of aromatic amines is 1. The lowest BCUT2D eigenvalue weighted by molar-refractivity contribution is -0.119. The highest BCUT2D eigenvalue weighted by Gasteiger charge is 2.29. The van der Waals surface area contributed by atoms with Gasteiger partial charge in [-0.1, -0.05) is 18.2 Å². The van der Waals surface area contributed by atoms with E-state index in [1.54, 1.807) is 52.7 Å². The molecule has 13 heteroatoms. The molecule has 252 valence electrons. The molecule has 1 heterocycles. The first-order chi connectivity index (χ1) is 23.3. The molecule has 0 saturated carbocycles. The summed E-state index contributed by atoms with van der Waals surface area (Å²) in [6.45, 7) is 2.16. The van der Waals surface area contributed by atoms with Gasteiger partial charge in [-0.2, -0.15) is 5.10 Å². The van der Waals surface area contributed by atoms with Crippen LogP contribution >= 0.6 is 0 Å². The van der Waals surface area contributed by atoms with Crippen LogP contribution in [0.5, 0.6) is 17.2 Å². The van der Waals surface area contributed by atoms with E-state index in [0.29, 0.717) is 78.2 Å². The molecule has 0 saturated heterocycles. The van der Waals surface area contributed by atoms with Gasteiger partial charge in [0, 0.05) is 43.8 Å². The van der Waals surface area contributed by atoms with Crippen LogP contribution in [0.3, 0.4) is 0 Å². The van der Waals surface area contributed by atoms with Gasteiger partial charge < -0.3 is 34.9 Å². The van der Waals surface area contributed by atoms with Gasteiger partial charge in [-0.25, -0.2) is 4.98 Å². The summed E-state index contributed by atoms with van der Waals surface area (Å²) in [5.74, 6) is 2.21. The van der Waals surface area contributed by atoms with Gasteiger partial charge in [0.25, 0.3) is 0 Å². The number of benzene rings is 2. The number of hydrogen-bond donors (Lipinski definition) is 4. The second-order valence-corrected chi connectivity index (χ2v) is 11.3. The van der Waals surface area contributed by atoms with E-state index >= 15 is 0 Å². The van der Waals surface area contributed by atoms with Crippen LogP contribution in [0.25, 0.3) is 22.5 Å². The smallest absolute Gasteiger partial charge is 0.224 e. The number of methoxy groups -OCH3 is 4. The molecule has 48 heavy (non-hydrogen) atoms. The van der Waals surface area contributed by atoms with Crippen LogP contribution in [0, 0.1) is 0 Å². The number of aromatic nitrogens is 3. The summed E-state index contributed by atoms with van der Waals surface area (Å²) in [6, 6.07) is 13.9. The summed E-state index contributed by atoms with van der Waals surface area (Å²) < 4.78 is 22.2. The molecule has 4 N–H and O–H groups in total. The van der Waals surface area contributed by atoms with E-state index in [1.807, 2.05) is 24.3 Å². The molecule has 4 aromatic rings. The number of fused-ring (bicyclic) bond motifs is 3. The Morgan fingerprint density at radius 2 is 1.81 bits per heavy atom. The van der Waals surface area contributed by atoms with Crippen LogP contribution in [0.15, 0.2) is 53.3 Å². The van der Waals surface area contributed by atoms with Crippen LogP contribution in [-0.4, -0.2) is 62.0 Å². The molecule has 13 nitrogen and oxygen atoms in total. The van der Waals surface area contributed by atoms with E-state index in [9.17, 15) is 14.4 Å². The molecule has 1 aromatic heterocycles. The molecule has 3 aromatic carbocycles. The van der Waals surface area contributed by atoms with Gasteiger partial charge in [0.2, 0.25) is 23.0 Å². The molecule has 0 aliphatic heterocycles. The number of ether oxygens (including phenoxy) is 4. The highest BCUT2D eigenvalue weighted by atomic mass is 16.5. The van der Waals surface area contributed by atoms with Crippen LogP contribution in [0.1, 0.15) is 49.2 Å². The fraction of sp³-hybridized carbons (Fsp3) is 0.343. The summed E-state index contributed by atoms with van der Waals surface area (Å²) in [5, 5.41) is 16.2. The highest BCUT2D eigenvalue weighted by Crippen LogP contribution is 2.50. The first-order valence-electron chi connectivity index (χ1n) is 15.6. The van der Waals surface area contributed by atoms with Gasteiger partial charge in [-0.3, -0.25) is 19.5 Å². The van der Waals surface area contributed by atoms with Gasteiger partial charge in [-0.05, 0) is 66.3 Å². The van der Waals surface area contributed by atoms with E-state index in [2.05, 4.69) is 31.1 Å². The van der Waals surface area contributed by atoms with Crippen LogP contribution < -0.4 is 35.6 Å².